The number of halogens is 2. The molecule has 2 atom stereocenters. The van der Waals surface area contributed by atoms with E-state index in [-0.39, 0.29) is 50.7 Å². The minimum absolute atomic E-state index is 0.00633. The quantitative estimate of drug-likeness (QED) is 0.252. The molecular weight excluding hydrogens is 604 g/mol. The standard InChI is InChI=1S/C31H29F2N7O4S/c1-16-3-9-21(10-4-16)45(43,44)40-15-23(22-11-20(32)13-34-30(22)40)28-37-27(19-12-35-39(2)14-19)25(33)29(38-28)36-26-18-7-5-17(6-8-18)24(26)31(41)42/h3-4,9-15,17-18,24,26H,5-8H2,1-2H3,(H,41,42)(H,36,37,38). The zero-order valence-electron chi connectivity index (χ0n) is 24.4. The van der Waals surface area contributed by atoms with Gasteiger partial charge in [-0.05, 0) is 62.6 Å². The van der Waals surface area contributed by atoms with E-state index >= 15 is 4.39 Å². The van der Waals surface area contributed by atoms with Crippen molar-refractivity contribution in [2.45, 2.75) is 43.5 Å². The predicted molar refractivity (Wildman–Crippen MR) is 161 cm³/mol. The minimum Gasteiger partial charge on any atom is -0.481 e. The Bertz CT molecular complexity index is 2070. The maximum absolute atomic E-state index is 16.3. The largest absolute Gasteiger partial charge is 0.481 e. The van der Waals surface area contributed by atoms with Gasteiger partial charge in [0.25, 0.3) is 10.0 Å². The van der Waals surface area contributed by atoms with Crippen LogP contribution in [0.3, 0.4) is 0 Å². The van der Waals surface area contributed by atoms with Gasteiger partial charge in [-0.3, -0.25) is 9.48 Å². The third kappa shape index (κ3) is 4.93. The molecular formula is C31H29F2N7O4S. The van der Waals surface area contributed by atoms with Gasteiger partial charge in [-0.15, -0.1) is 0 Å². The number of aromatic nitrogens is 6. The topological polar surface area (TPSA) is 145 Å². The van der Waals surface area contributed by atoms with Crippen LogP contribution < -0.4 is 5.32 Å². The molecule has 45 heavy (non-hydrogen) atoms. The van der Waals surface area contributed by atoms with E-state index in [0.29, 0.717) is 5.56 Å². The number of pyridine rings is 1. The molecule has 0 aliphatic heterocycles. The van der Waals surface area contributed by atoms with Crippen LogP contribution in [0.1, 0.15) is 31.2 Å². The maximum atomic E-state index is 16.3. The van der Waals surface area contributed by atoms with Gasteiger partial charge in [0.2, 0.25) is 0 Å². The molecule has 4 heterocycles. The minimum atomic E-state index is -4.20. The van der Waals surface area contributed by atoms with Gasteiger partial charge in [-0.2, -0.15) is 5.10 Å². The van der Waals surface area contributed by atoms with Crippen LogP contribution in [0.15, 0.2) is 60.0 Å². The molecule has 2 bridgehead atoms. The Morgan fingerprint density at radius 3 is 2.40 bits per heavy atom. The summed E-state index contributed by atoms with van der Waals surface area (Å²) in [6.45, 7) is 1.83. The molecule has 0 amide bonds. The number of anilines is 1. The number of aliphatic carboxylic acids is 1. The van der Waals surface area contributed by atoms with E-state index in [1.807, 2.05) is 6.92 Å². The molecule has 4 aromatic heterocycles. The van der Waals surface area contributed by atoms with Gasteiger partial charge in [0.05, 0.1) is 23.2 Å². The first-order valence-corrected chi connectivity index (χ1v) is 16.0. The van der Waals surface area contributed by atoms with Crippen molar-refractivity contribution in [2.75, 3.05) is 5.32 Å². The number of fused-ring (bicyclic) bond motifs is 4. The fourth-order valence-electron chi connectivity index (χ4n) is 6.81. The summed E-state index contributed by atoms with van der Waals surface area (Å²) in [4.78, 5) is 25.4. The first kappa shape index (κ1) is 29.0. The number of rotatable bonds is 7. The lowest BCUT2D eigenvalue weighted by Gasteiger charge is -2.47. The molecule has 2 N–H and O–H groups in total. The van der Waals surface area contributed by atoms with Gasteiger partial charge < -0.3 is 10.4 Å². The van der Waals surface area contributed by atoms with E-state index in [9.17, 15) is 22.7 Å². The summed E-state index contributed by atoms with van der Waals surface area (Å²) in [6.07, 6.45) is 8.38. The van der Waals surface area contributed by atoms with Crippen LogP contribution in [0.2, 0.25) is 0 Å². The second-order valence-corrected chi connectivity index (χ2v) is 13.7. The molecule has 0 saturated heterocycles. The lowest BCUT2D eigenvalue weighted by molar-refractivity contribution is -0.148. The number of nitrogens with zero attached hydrogens (tertiary/aromatic N) is 6. The molecule has 14 heteroatoms. The molecule has 0 radical (unpaired) electrons. The van der Waals surface area contributed by atoms with Crippen LogP contribution in [0.4, 0.5) is 14.6 Å². The Labute approximate surface area is 257 Å². The van der Waals surface area contributed by atoms with Crippen LogP contribution in [-0.4, -0.2) is 54.2 Å². The maximum Gasteiger partial charge on any atom is 0.308 e. The van der Waals surface area contributed by atoms with E-state index < -0.39 is 39.6 Å². The number of carbonyl (C=O) groups is 1. The molecule has 1 aromatic carbocycles. The lowest BCUT2D eigenvalue weighted by Crippen LogP contribution is -2.51. The Morgan fingerprint density at radius 1 is 1.02 bits per heavy atom. The molecule has 3 fully saturated rings. The van der Waals surface area contributed by atoms with Crippen molar-refractivity contribution >= 4 is 32.8 Å². The fraction of sp³-hybridized carbons (Fsp3) is 0.323. The summed E-state index contributed by atoms with van der Waals surface area (Å²) in [7, 11) is -2.53. The van der Waals surface area contributed by atoms with Gasteiger partial charge in [0, 0.05) is 42.0 Å². The van der Waals surface area contributed by atoms with Crippen molar-refractivity contribution in [2.24, 2.45) is 24.8 Å². The van der Waals surface area contributed by atoms with Gasteiger partial charge in [-0.25, -0.2) is 36.1 Å². The number of carboxylic acid groups (broad SMARTS) is 1. The summed E-state index contributed by atoms with van der Waals surface area (Å²) >= 11 is 0. The third-order valence-corrected chi connectivity index (χ3v) is 10.7. The highest BCUT2D eigenvalue weighted by Gasteiger charge is 2.47. The van der Waals surface area contributed by atoms with Crippen LogP contribution in [-0.2, 0) is 21.9 Å². The van der Waals surface area contributed by atoms with E-state index in [1.54, 1.807) is 25.4 Å². The van der Waals surface area contributed by atoms with Crippen molar-refractivity contribution in [3.63, 3.8) is 0 Å². The second-order valence-electron chi connectivity index (χ2n) is 11.9. The zero-order chi connectivity index (χ0) is 31.6. The average molecular weight is 634 g/mol. The summed E-state index contributed by atoms with van der Waals surface area (Å²) in [5, 5.41) is 17.4. The molecule has 3 aliphatic rings. The first-order chi connectivity index (χ1) is 21.5. The SMILES string of the molecule is Cc1ccc(S(=O)(=O)n2cc(-c3nc(NC4C5CCC(CC5)C4C(=O)O)c(F)c(-c4cnn(C)c4)n3)c3cc(F)cnc32)cc1. The van der Waals surface area contributed by atoms with Gasteiger partial charge >= 0.3 is 5.97 Å². The van der Waals surface area contributed by atoms with Crippen molar-refractivity contribution < 1.29 is 27.1 Å². The highest BCUT2D eigenvalue weighted by atomic mass is 32.2. The van der Waals surface area contributed by atoms with Crippen molar-refractivity contribution in [1.82, 2.24) is 28.7 Å². The van der Waals surface area contributed by atoms with Crippen LogP contribution in [0.25, 0.3) is 33.7 Å². The van der Waals surface area contributed by atoms with E-state index in [2.05, 4.69) is 25.4 Å². The average Bonchev–Trinajstić information content (AvgIpc) is 3.62. The Morgan fingerprint density at radius 2 is 1.73 bits per heavy atom. The predicted octanol–water partition coefficient (Wildman–Crippen LogP) is 5.02. The fourth-order valence-corrected chi connectivity index (χ4v) is 8.13. The first-order valence-electron chi connectivity index (χ1n) is 14.6. The molecule has 3 aliphatic carbocycles. The molecule has 8 rings (SSSR count). The molecule has 2 unspecified atom stereocenters. The highest BCUT2D eigenvalue weighted by Crippen LogP contribution is 2.47. The van der Waals surface area contributed by atoms with Gasteiger partial charge in [0.1, 0.15) is 11.5 Å². The normalized spacial score (nSPS) is 21.3. The van der Waals surface area contributed by atoms with Gasteiger partial charge in [0.15, 0.2) is 23.1 Å². The Kier molecular flexibility index (Phi) is 6.91. The number of aryl methyl sites for hydroxylation is 2. The van der Waals surface area contributed by atoms with E-state index in [1.165, 1.54) is 29.2 Å². The number of carboxylic acids is 1. The molecule has 5 aromatic rings. The van der Waals surface area contributed by atoms with Crippen LogP contribution in [0, 0.1) is 36.3 Å². The number of benzene rings is 1. The molecule has 3 saturated carbocycles. The van der Waals surface area contributed by atoms with Crippen LogP contribution >= 0.6 is 0 Å². The van der Waals surface area contributed by atoms with Crippen molar-refractivity contribution in [3.05, 3.63) is 72.3 Å². The summed E-state index contributed by atoms with van der Waals surface area (Å²) in [5.41, 5.74) is 1.09. The van der Waals surface area contributed by atoms with Crippen molar-refractivity contribution in [1.29, 1.82) is 0 Å². The lowest BCUT2D eigenvalue weighted by atomic mass is 9.61. The Balaban J connectivity index is 1.42. The number of nitrogens with one attached hydrogen (secondary N) is 1. The van der Waals surface area contributed by atoms with E-state index in [0.717, 1.165) is 47.5 Å². The zero-order valence-corrected chi connectivity index (χ0v) is 25.2. The highest BCUT2D eigenvalue weighted by molar-refractivity contribution is 7.90. The van der Waals surface area contributed by atoms with Crippen LogP contribution in [0.5, 0.6) is 0 Å². The molecule has 232 valence electrons. The van der Waals surface area contributed by atoms with Gasteiger partial charge in [-0.1, -0.05) is 17.7 Å². The van der Waals surface area contributed by atoms with Crippen molar-refractivity contribution in [3.8, 4) is 22.6 Å². The summed E-state index contributed by atoms with van der Waals surface area (Å²) < 4.78 is 60.9. The second kappa shape index (κ2) is 10.7. The number of hydrogen-bond acceptors (Lipinski definition) is 8. The molecule has 0 spiro atoms. The molecule has 11 nitrogen and oxygen atoms in total. The smallest absolute Gasteiger partial charge is 0.308 e. The third-order valence-electron chi connectivity index (χ3n) is 9.03. The van der Waals surface area contributed by atoms with E-state index in [4.69, 9.17) is 0 Å². The monoisotopic (exact) mass is 633 g/mol. The summed E-state index contributed by atoms with van der Waals surface area (Å²) in [6, 6.07) is 6.81. The Hall–Kier alpha value is -4.72. The summed E-state index contributed by atoms with van der Waals surface area (Å²) in [5.74, 6) is -3.55. The number of hydrogen-bond donors (Lipinski definition) is 2.